The van der Waals surface area contributed by atoms with Crippen molar-refractivity contribution in [1.29, 1.82) is 0 Å². The molecule has 1 heterocycles. The fourth-order valence-corrected chi connectivity index (χ4v) is 4.66. The Morgan fingerprint density at radius 3 is 2.30 bits per heavy atom. The van der Waals surface area contributed by atoms with Crippen molar-refractivity contribution in [2.24, 2.45) is 0 Å². The van der Waals surface area contributed by atoms with Gasteiger partial charge in [0.1, 0.15) is 0 Å². The van der Waals surface area contributed by atoms with Crippen molar-refractivity contribution < 1.29 is 8.42 Å². The summed E-state index contributed by atoms with van der Waals surface area (Å²) in [6.45, 7) is 3.46. The van der Waals surface area contributed by atoms with Gasteiger partial charge in [-0.1, -0.05) is 12.8 Å². The van der Waals surface area contributed by atoms with E-state index in [1.807, 2.05) is 0 Å². The molecule has 0 unspecified atom stereocenters. The van der Waals surface area contributed by atoms with Crippen molar-refractivity contribution in [3.63, 3.8) is 0 Å². The molecule has 0 atom stereocenters. The van der Waals surface area contributed by atoms with Gasteiger partial charge in [0.25, 0.3) is 10.2 Å². The Morgan fingerprint density at radius 2 is 1.75 bits per heavy atom. The average molecular weight is 324 g/mol. The molecule has 1 saturated heterocycles. The maximum atomic E-state index is 12.4. The van der Waals surface area contributed by atoms with Gasteiger partial charge in [-0.15, -0.1) is 11.6 Å². The SMILES string of the molecule is CN(CCCCl)S(=O)(=O)N1CCN(C2CCCC2)CC1. The van der Waals surface area contributed by atoms with E-state index in [0.29, 0.717) is 38.0 Å². The Hall–Kier alpha value is 0.120. The summed E-state index contributed by atoms with van der Waals surface area (Å²) in [6.07, 6.45) is 5.90. The van der Waals surface area contributed by atoms with E-state index in [-0.39, 0.29) is 0 Å². The van der Waals surface area contributed by atoms with Crippen LogP contribution >= 0.6 is 11.6 Å². The molecule has 1 aliphatic heterocycles. The molecular weight excluding hydrogens is 298 g/mol. The van der Waals surface area contributed by atoms with Crippen LogP contribution in [0.2, 0.25) is 0 Å². The molecule has 0 aromatic carbocycles. The molecule has 0 amide bonds. The number of piperazine rings is 1. The fourth-order valence-electron chi connectivity index (χ4n) is 3.16. The minimum absolute atomic E-state index is 0.495. The molecule has 0 N–H and O–H groups in total. The van der Waals surface area contributed by atoms with Crippen LogP contribution in [0.1, 0.15) is 32.1 Å². The predicted octanol–water partition coefficient (Wildman–Crippen LogP) is 1.35. The first-order valence-corrected chi connectivity index (χ1v) is 9.50. The Kier molecular flexibility index (Phi) is 6.10. The molecule has 0 aromatic rings. The molecule has 2 fully saturated rings. The summed E-state index contributed by atoms with van der Waals surface area (Å²) < 4.78 is 27.9. The van der Waals surface area contributed by atoms with E-state index < -0.39 is 10.2 Å². The highest BCUT2D eigenvalue weighted by atomic mass is 35.5. The monoisotopic (exact) mass is 323 g/mol. The van der Waals surface area contributed by atoms with E-state index in [1.54, 1.807) is 11.4 Å². The van der Waals surface area contributed by atoms with Gasteiger partial charge in [0, 0.05) is 51.7 Å². The Morgan fingerprint density at radius 1 is 1.15 bits per heavy atom. The van der Waals surface area contributed by atoms with Crippen LogP contribution < -0.4 is 0 Å². The first-order chi connectivity index (χ1) is 9.55. The Bertz CT molecular complexity index is 390. The van der Waals surface area contributed by atoms with Crippen molar-refractivity contribution in [2.75, 3.05) is 45.7 Å². The normalized spacial score (nSPS) is 23.8. The number of hydrogen-bond donors (Lipinski definition) is 0. The summed E-state index contributed by atoms with van der Waals surface area (Å²) >= 11 is 5.63. The zero-order valence-corrected chi connectivity index (χ0v) is 13.9. The third kappa shape index (κ3) is 3.85. The van der Waals surface area contributed by atoms with Gasteiger partial charge < -0.3 is 0 Å². The highest BCUT2D eigenvalue weighted by Crippen LogP contribution is 2.25. The van der Waals surface area contributed by atoms with Crippen LogP contribution in [0.15, 0.2) is 0 Å². The lowest BCUT2D eigenvalue weighted by atomic mass is 10.2. The second-order valence-electron chi connectivity index (χ2n) is 5.75. The first kappa shape index (κ1) is 16.5. The van der Waals surface area contributed by atoms with Crippen LogP contribution in [-0.2, 0) is 10.2 Å². The van der Waals surface area contributed by atoms with Crippen molar-refractivity contribution in [3.05, 3.63) is 0 Å². The van der Waals surface area contributed by atoms with Gasteiger partial charge in [0.15, 0.2) is 0 Å². The summed E-state index contributed by atoms with van der Waals surface area (Å²) in [5.74, 6) is 0.495. The van der Waals surface area contributed by atoms with Gasteiger partial charge >= 0.3 is 0 Å². The van der Waals surface area contributed by atoms with Crippen LogP contribution in [0, 0.1) is 0 Å². The summed E-state index contributed by atoms with van der Waals surface area (Å²) in [5.41, 5.74) is 0. The molecule has 1 aliphatic carbocycles. The maximum Gasteiger partial charge on any atom is 0.281 e. The standard InChI is InChI=1S/C13H26ClN3O2S/c1-15(8-4-7-14)20(18,19)17-11-9-16(10-12-17)13-5-2-3-6-13/h13H,2-12H2,1H3. The van der Waals surface area contributed by atoms with Gasteiger partial charge in [-0.25, -0.2) is 0 Å². The second-order valence-corrected chi connectivity index (χ2v) is 8.16. The third-order valence-corrected chi connectivity index (χ3v) is 6.70. The molecule has 2 aliphatic rings. The van der Waals surface area contributed by atoms with Gasteiger partial charge in [0.2, 0.25) is 0 Å². The van der Waals surface area contributed by atoms with Crippen molar-refractivity contribution in [2.45, 2.75) is 38.1 Å². The van der Waals surface area contributed by atoms with Crippen LogP contribution in [0.25, 0.3) is 0 Å². The van der Waals surface area contributed by atoms with Crippen LogP contribution in [0.5, 0.6) is 0 Å². The van der Waals surface area contributed by atoms with E-state index in [4.69, 9.17) is 11.6 Å². The first-order valence-electron chi connectivity index (χ1n) is 7.57. The topological polar surface area (TPSA) is 43.9 Å². The van der Waals surface area contributed by atoms with Crippen molar-refractivity contribution in [3.8, 4) is 0 Å². The molecule has 0 bridgehead atoms. The molecular formula is C13H26ClN3O2S. The smallest absolute Gasteiger partial charge is 0.281 e. The maximum absolute atomic E-state index is 12.4. The molecule has 0 spiro atoms. The van der Waals surface area contributed by atoms with Crippen molar-refractivity contribution >= 4 is 21.8 Å². The van der Waals surface area contributed by atoms with Gasteiger partial charge in [-0.3, -0.25) is 4.90 Å². The lowest BCUT2D eigenvalue weighted by molar-refractivity contribution is 0.135. The summed E-state index contributed by atoms with van der Waals surface area (Å²) in [4.78, 5) is 2.47. The lowest BCUT2D eigenvalue weighted by Gasteiger charge is -2.38. The van der Waals surface area contributed by atoms with Crippen LogP contribution in [-0.4, -0.2) is 73.6 Å². The number of halogens is 1. The molecule has 1 saturated carbocycles. The quantitative estimate of drug-likeness (QED) is 0.693. The summed E-state index contributed by atoms with van der Waals surface area (Å²) in [7, 11) is -1.66. The third-order valence-electron chi connectivity index (χ3n) is 4.44. The Balaban J connectivity index is 1.85. The van der Waals surface area contributed by atoms with Gasteiger partial charge in [0.05, 0.1) is 0 Å². The number of alkyl halides is 1. The zero-order valence-electron chi connectivity index (χ0n) is 12.3. The molecule has 118 valence electrons. The lowest BCUT2D eigenvalue weighted by Crippen LogP contribution is -2.54. The van der Waals surface area contributed by atoms with E-state index >= 15 is 0 Å². The number of hydrogen-bond acceptors (Lipinski definition) is 3. The summed E-state index contributed by atoms with van der Waals surface area (Å²) in [6, 6.07) is 0.689. The minimum Gasteiger partial charge on any atom is -0.298 e. The molecule has 2 rings (SSSR count). The van der Waals surface area contributed by atoms with E-state index in [2.05, 4.69) is 4.90 Å². The second kappa shape index (κ2) is 7.40. The van der Waals surface area contributed by atoms with Crippen molar-refractivity contribution in [1.82, 2.24) is 13.5 Å². The molecule has 20 heavy (non-hydrogen) atoms. The number of rotatable bonds is 6. The fraction of sp³-hybridized carbons (Fsp3) is 1.00. The van der Waals surface area contributed by atoms with Crippen LogP contribution in [0.3, 0.4) is 0 Å². The predicted molar refractivity (Wildman–Crippen MR) is 82.3 cm³/mol. The Labute approximate surface area is 128 Å². The molecule has 0 radical (unpaired) electrons. The van der Waals surface area contributed by atoms with Crippen LogP contribution in [0.4, 0.5) is 0 Å². The molecule has 7 heteroatoms. The van der Waals surface area contributed by atoms with E-state index in [0.717, 1.165) is 13.1 Å². The van der Waals surface area contributed by atoms with E-state index in [9.17, 15) is 8.42 Å². The molecule has 5 nitrogen and oxygen atoms in total. The minimum atomic E-state index is -3.30. The van der Waals surface area contributed by atoms with Gasteiger partial charge in [-0.05, 0) is 19.3 Å². The van der Waals surface area contributed by atoms with Gasteiger partial charge in [-0.2, -0.15) is 17.0 Å². The highest BCUT2D eigenvalue weighted by molar-refractivity contribution is 7.86. The molecule has 0 aromatic heterocycles. The van der Waals surface area contributed by atoms with E-state index in [1.165, 1.54) is 30.0 Å². The largest absolute Gasteiger partial charge is 0.298 e. The number of nitrogens with zero attached hydrogens (tertiary/aromatic N) is 3. The summed E-state index contributed by atoms with van der Waals surface area (Å²) in [5, 5.41) is 0. The average Bonchev–Trinajstić information content (AvgIpc) is 2.99. The highest BCUT2D eigenvalue weighted by Gasteiger charge is 2.32. The zero-order chi connectivity index (χ0) is 14.6.